The van der Waals surface area contributed by atoms with Crippen LogP contribution in [0.3, 0.4) is 0 Å². The number of nitrogens with one attached hydrogen (secondary N) is 1. The molecule has 0 bridgehead atoms. The van der Waals surface area contributed by atoms with E-state index in [1.54, 1.807) is 0 Å². The van der Waals surface area contributed by atoms with Crippen LogP contribution in [0, 0.1) is 5.92 Å². The molecule has 0 saturated carbocycles. The molecule has 1 aromatic heterocycles. The molecule has 0 fully saturated rings. The fourth-order valence-corrected chi connectivity index (χ4v) is 3.11. The first-order valence-corrected chi connectivity index (χ1v) is 7.89. The summed E-state index contributed by atoms with van der Waals surface area (Å²) >= 11 is 1.28. The number of hydrogen-bond donors (Lipinski definition) is 2. The Kier molecular flexibility index (Phi) is 3.74. The first-order chi connectivity index (χ1) is 10.5. The standard InChI is InChI=1S/C15H18N4O2S/c1-15(2,13-18-19-14(16)22-13)17-12(20)10-7-9-5-3-4-6-11(9)21-8-10/h3-6,10H,7-8H2,1-2H3,(H2,16,19)(H,17,20)/t10-/m1/s1. The lowest BCUT2D eigenvalue weighted by Gasteiger charge is -2.29. The van der Waals surface area contributed by atoms with E-state index in [1.165, 1.54) is 11.3 Å². The van der Waals surface area contributed by atoms with Crippen LogP contribution in [0.1, 0.15) is 24.4 Å². The van der Waals surface area contributed by atoms with Gasteiger partial charge in [0.1, 0.15) is 17.4 Å². The first kappa shape index (κ1) is 14.8. The van der Waals surface area contributed by atoms with E-state index in [0.717, 1.165) is 11.3 Å². The van der Waals surface area contributed by atoms with Crippen LogP contribution in [0.15, 0.2) is 24.3 Å². The van der Waals surface area contributed by atoms with E-state index in [2.05, 4.69) is 15.5 Å². The van der Waals surface area contributed by atoms with Gasteiger partial charge in [0.05, 0.1) is 11.5 Å². The number of carbonyl (C=O) groups excluding carboxylic acids is 1. The smallest absolute Gasteiger partial charge is 0.227 e. The fourth-order valence-electron chi connectivity index (χ4n) is 2.45. The fraction of sp³-hybridized carbons (Fsp3) is 0.400. The van der Waals surface area contributed by atoms with Crippen molar-refractivity contribution in [2.45, 2.75) is 25.8 Å². The van der Waals surface area contributed by atoms with Crippen molar-refractivity contribution in [3.63, 3.8) is 0 Å². The predicted octanol–water partition coefficient (Wildman–Crippen LogP) is 1.72. The summed E-state index contributed by atoms with van der Waals surface area (Å²) in [6.45, 7) is 4.17. The van der Waals surface area contributed by atoms with Gasteiger partial charge in [-0.2, -0.15) is 0 Å². The van der Waals surface area contributed by atoms with Crippen LogP contribution in [-0.4, -0.2) is 22.7 Å². The summed E-state index contributed by atoms with van der Waals surface area (Å²) in [5.41, 5.74) is 6.07. The highest BCUT2D eigenvalue weighted by atomic mass is 32.1. The van der Waals surface area contributed by atoms with Gasteiger partial charge >= 0.3 is 0 Å². The third-order valence-corrected chi connectivity index (χ3v) is 4.74. The molecule has 0 unspecified atom stereocenters. The maximum atomic E-state index is 12.5. The van der Waals surface area contributed by atoms with Gasteiger partial charge in [0.2, 0.25) is 11.0 Å². The Labute approximate surface area is 132 Å². The minimum Gasteiger partial charge on any atom is -0.492 e. The van der Waals surface area contributed by atoms with E-state index in [-0.39, 0.29) is 11.8 Å². The van der Waals surface area contributed by atoms with Crippen LogP contribution < -0.4 is 15.8 Å². The van der Waals surface area contributed by atoms with Crippen molar-refractivity contribution in [1.29, 1.82) is 0 Å². The van der Waals surface area contributed by atoms with Gasteiger partial charge in [0, 0.05) is 0 Å². The van der Waals surface area contributed by atoms with Crippen LogP contribution in [0.5, 0.6) is 5.75 Å². The largest absolute Gasteiger partial charge is 0.492 e. The molecular weight excluding hydrogens is 300 g/mol. The average Bonchev–Trinajstić information content (AvgIpc) is 2.94. The highest BCUT2D eigenvalue weighted by Gasteiger charge is 2.32. The number of fused-ring (bicyclic) bond motifs is 1. The minimum absolute atomic E-state index is 0.0479. The molecule has 1 atom stereocenters. The van der Waals surface area contributed by atoms with Crippen molar-refractivity contribution >= 4 is 22.4 Å². The molecule has 2 heterocycles. The molecule has 0 spiro atoms. The number of nitrogens with zero attached hydrogens (tertiary/aromatic N) is 2. The molecule has 3 rings (SSSR count). The molecule has 1 amide bonds. The van der Waals surface area contributed by atoms with Gasteiger partial charge in [-0.3, -0.25) is 4.79 Å². The lowest BCUT2D eigenvalue weighted by atomic mass is 9.94. The van der Waals surface area contributed by atoms with Gasteiger partial charge in [-0.15, -0.1) is 10.2 Å². The Bertz CT molecular complexity index is 698. The number of para-hydroxylation sites is 1. The predicted molar refractivity (Wildman–Crippen MR) is 84.6 cm³/mol. The normalized spacial score (nSPS) is 17.5. The highest BCUT2D eigenvalue weighted by molar-refractivity contribution is 7.15. The number of hydrogen-bond acceptors (Lipinski definition) is 6. The molecule has 1 aliphatic heterocycles. The molecule has 0 saturated heterocycles. The van der Waals surface area contributed by atoms with Gasteiger partial charge in [0.15, 0.2) is 0 Å². The van der Waals surface area contributed by atoms with Gasteiger partial charge in [0.25, 0.3) is 0 Å². The third-order valence-electron chi connectivity index (χ3n) is 3.66. The minimum atomic E-state index is -0.608. The Morgan fingerprint density at radius 3 is 2.91 bits per heavy atom. The summed E-state index contributed by atoms with van der Waals surface area (Å²) in [4.78, 5) is 12.5. The quantitative estimate of drug-likeness (QED) is 0.899. The van der Waals surface area contributed by atoms with Crippen molar-refractivity contribution in [2.24, 2.45) is 5.92 Å². The average molecular weight is 318 g/mol. The topological polar surface area (TPSA) is 90.1 Å². The molecule has 0 radical (unpaired) electrons. The van der Waals surface area contributed by atoms with Crippen molar-refractivity contribution in [3.05, 3.63) is 34.8 Å². The second kappa shape index (κ2) is 5.57. The van der Waals surface area contributed by atoms with Crippen molar-refractivity contribution in [3.8, 4) is 5.75 Å². The van der Waals surface area contributed by atoms with E-state index in [1.807, 2.05) is 38.1 Å². The van der Waals surface area contributed by atoms with Crippen LogP contribution in [-0.2, 0) is 16.8 Å². The molecular formula is C15H18N4O2S. The van der Waals surface area contributed by atoms with E-state index >= 15 is 0 Å². The number of anilines is 1. The maximum absolute atomic E-state index is 12.5. The van der Waals surface area contributed by atoms with Crippen molar-refractivity contribution < 1.29 is 9.53 Å². The SMILES string of the molecule is CC(C)(NC(=O)[C@H]1COc2ccccc2C1)c1nnc(N)s1. The molecule has 116 valence electrons. The van der Waals surface area contributed by atoms with Gasteiger partial charge < -0.3 is 15.8 Å². The Balaban J connectivity index is 1.70. The molecule has 1 aromatic carbocycles. The molecule has 1 aliphatic rings. The van der Waals surface area contributed by atoms with E-state index in [9.17, 15) is 4.79 Å². The van der Waals surface area contributed by atoms with Crippen molar-refractivity contribution in [2.75, 3.05) is 12.3 Å². The first-order valence-electron chi connectivity index (χ1n) is 7.08. The van der Waals surface area contributed by atoms with Crippen molar-refractivity contribution in [1.82, 2.24) is 15.5 Å². The number of nitrogens with two attached hydrogens (primary N) is 1. The Morgan fingerprint density at radius 2 is 2.18 bits per heavy atom. The van der Waals surface area contributed by atoms with Crippen LogP contribution in [0.4, 0.5) is 5.13 Å². The van der Waals surface area contributed by atoms with E-state index < -0.39 is 5.54 Å². The molecule has 22 heavy (non-hydrogen) atoms. The van der Waals surface area contributed by atoms with Gasteiger partial charge in [-0.25, -0.2) is 0 Å². The number of carbonyl (C=O) groups is 1. The number of rotatable bonds is 3. The van der Waals surface area contributed by atoms with Crippen LogP contribution >= 0.6 is 11.3 Å². The summed E-state index contributed by atoms with van der Waals surface area (Å²) in [7, 11) is 0. The Morgan fingerprint density at radius 1 is 1.41 bits per heavy atom. The molecule has 6 nitrogen and oxygen atoms in total. The summed E-state index contributed by atoms with van der Waals surface area (Å²) in [6.07, 6.45) is 0.677. The molecule has 0 aliphatic carbocycles. The summed E-state index contributed by atoms with van der Waals surface area (Å²) in [5, 5.41) is 11.9. The highest BCUT2D eigenvalue weighted by Crippen LogP contribution is 2.29. The van der Waals surface area contributed by atoms with Crippen LogP contribution in [0.2, 0.25) is 0 Å². The monoisotopic (exact) mass is 318 g/mol. The lowest BCUT2D eigenvalue weighted by Crippen LogP contribution is -2.46. The number of nitrogen functional groups attached to an aromatic ring is 1. The Hall–Kier alpha value is -2.15. The number of ether oxygens (including phenoxy) is 1. The second-order valence-corrected chi connectivity index (χ2v) is 6.89. The summed E-state index contributed by atoms with van der Waals surface area (Å²) in [5.74, 6) is 0.607. The summed E-state index contributed by atoms with van der Waals surface area (Å²) in [6, 6.07) is 7.81. The number of aromatic nitrogens is 2. The third kappa shape index (κ3) is 2.89. The summed E-state index contributed by atoms with van der Waals surface area (Å²) < 4.78 is 5.68. The second-order valence-electron chi connectivity index (χ2n) is 5.88. The molecule has 7 heteroatoms. The zero-order valence-corrected chi connectivity index (χ0v) is 13.3. The van der Waals surface area contributed by atoms with Gasteiger partial charge in [-0.05, 0) is 31.9 Å². The zero-order valence-electron chi connectivity index (χ0n) is 12.5. The van der Waals surface area contributed by atoms with Crippen LogP contribution in [0.25, 0.3) is 0 Å². The molecule has 3 N–H and O–H groups in total. The lowest BCUT2D eigenvalue weighted by molar-refractivity contribution is -0.128. The van der Waals surface area contributed by atoms with E-state index in [4.69, 9.17) is 10.5 Å². The van der Waals surface area contributed by atoms with E-state index in [0.29, 0.717) is 23.2 Å². The zero-order chi connectivity index (χ0) is 15.7. The van der Waals surface area contributed by atoms with Gasteiger partial charge in [-0.1, -0.05) is 29.5 Å². The molecule has 2 aromatic rings. The maximum Gasteiger partial charge on any atom is 0.227 e. The number of benzene rings is 1. The number of amides is 1.